The fourth-order valence-electron chi connectivity index (χ4n) is 2.36. The molecule has 140 valence electrons. The average molecular weight is 387 g/mol. The SMILES string of the molecule is CCCn1nnnc1COC(=O)c1ccc(COc2ccc(Cl)cc2)cc1. The van der Waals surface area contributed by atoms with Crippen molar-refractivity contribution < 1.29 is 14.3 Å². The van der Waals surface area contributed by atoms with Crippen molar-refractivity contribution in [2.75, 3.05) is 0 Å². The van der Waals surface area contributed by atoms with Crippen LogP contribution in [0, 0.1) is 0 Å². The first kappa shape index (κ1) is 18.8. The van der Waals surface area contributed by atoms with Gasteiger partial charge in [-0.2, -0.15) is 0 Å². The molecule has 0 saturated carbocycles. The maximum atomic E-state index is 12.2. The van der Waals surface area contributed by atoms with E-state index in [2.05, 4.69) is 15.5 Å². The van der Waals surface area contributed by atoms with Gasteiger partial charge in [0.25, 0.3) is 0 Å². The van der Waals surface area contributed by atoms with Gasteiger partial charge in [0.05, 0.1) is 5.56 Å². The van der Waals surface area contributed by atoms with Crippen LogP contribution >= 0.6 is 11.6 Å². The van der Waals surface area contributed by atoms with Gasteiger partial charge in [0, 0.05) is 11.6 Å². The van der Waals surface area contributed by atoms with Crippen LogP contribution in [0.1, 0.15) is 35.1 Å². The largest absolute Gasteiger partial charge is 0.489 e. The molecule has 27 heavy (non-hydrogen) atoms. The predicted octanol–water partition coefficient (Wildman–Crippen LogP) is 3.67. The van der Waals surface area contributed by atoms with Crippen molar-refractivity contribution in [3.8, 4) is 5.75 Å². The van der Waals surface area contributed by atoms with Gasteiger partial charge in [0.15, 0.2) is 12.4 Å². The lowest BCUT2D eigenvalue weighted by Gasteiger charge is -2.08. The minimum atomic E-state index is -0.425. The summed E-state index contributed by atoms with van der Waals surface area (Å²) in [6, 6.07) is 14.2. The van der Waals surface area contributed by atoms with Gasteiger partial charge in [-0.05, 0) is 58.8 Å². The Balaban J connectivity index is 1.52. The molecule has 0 bridgehead atoms. The smallest absolute Gasteiger partial charge is 0.338 e. The Morgan fingerprint density at radius 3 is 2.52 bits per heavy atom. The summed E-state index contributed by atoms with van der Waals surface area (Å²) in [5.74, 6) is 0.831. The Morgan fingerprint density at radius 2 is 1.81 bits per heavy atom. The molecule has 0 fully saturated rings. The number of esters is 1. The van der Waals surface area contributed by atoms with E-state index in [-0.39, 0.29) is 6.61 Å². The van der Waals surface area contributed by atoms with E-state index in [1.807, 2.05) is 19.1 Å². The number of nitrogens with zero attached hydrogens (tertiary/aromatic N) is 4. The number of ether oxygens (including phenoxy) is 2. The highest BCUT2D eigenvalue weighted by Crippen LogP contribution is 2.17. The van der Waals surface area contributed by atoms with E-state index in [0.29, 0.717) is 29.6 Å². The maximum absolute atomic E-state index is 12.2. The number of hydrogen-bond donors (Lipinski definition) is 0. The van der Waals surface area contributed by atoms with E-state index in [1.165, 1.54) is 0 Å². The third-order valence-corrected chi connectivity index (χ3v) is 4.03. The molecule has 0 saturated heterocycles. The van der Waals surface area contributed by atoms with Crippen LogP contribution in [0.2, 0.25) is 5.02 Å². The minimum absolute atomic E-state index is 0.0350. The Bertz CT molecular complexity index is 879. The molecule has 0 radical (unpaired) electrons. The first-order valence-electron chi connectivity index (χ1n) is 8.55. The van der Waals surface area contributed by atoms with E-state index in [4.69, 9.17) is 21.1 Å². The number of hydrogen-bond acceptors (Lipinski definition) is 6. The fraction of sp³-hybridized carbons (Fsp3) is 0.263. The van der Waals surface area contributed by atoms with Crippen LogP contribution in [0.3, 0.4) is 0 Å². The summed E-state index contributed by atoms with van der Waals surface area (Å²) in [5, 5.41) is 12.0. The van der Waals surface area contributed by atoms with Gasteiger partial charge in [-0.3, -0.25) is 0 Å². The van der Waals surface area contributed by atoms with Gasteiger partial charge in [0.2, 0.25) is 0 Å². The lowest BCUT2D eigenvalue weighted by Crippen LogP contribution is -2.11. The molecule has 3 aromatic rings. The van der Waals surface area contributed by atoms with E-state index >= 15 is 0 Å². The van der Waals surface area contributed by atoms with Crippen molar-refractivity contribution >= 4 is 17.6 Å². The highest BCUT2D eigenvalue weighted by atomic mass is 35.5. The number of benzene rings is 2. The number of aromatic nitrogens is 4. The van der Waals surface area contributed by atoms with Crippen LogP contribution in [-0.2, 0) is 24.5 Å². The minimum Gasteiger partial charge on any atom is -0.489 e. The van der Waals surface area contributed by atoms with Crippen molar-refractivity contribution in [2.45, 2.75) is 33.1 Å². The molecular formula is C19H19ClN4O3. The molecule has 2 aromatic carbocycles. The average Bonchev–Trinajstić information content (AvgIpc) is 3.13. The second-order valence-corrected chi connectivity index (χ2v) is 6.27. The van der Waals surface area contributed by atoms with Crippen LogP contribution in [0.25, 0.3) is 0 Å². The van der Waals surface area contributed by atoms with Gasteiger partial charge in [-0.1, -0.05) is 30.7 Å². The van der Waals surface area contributed by atoms with E-state index in [0.717, 1.165) is 17.7 Å². The van der Waals surface area contributed by atoms with Crippen molar-refractivity contribution in [3.63, 3.8) is 0 Å². The second kappa shape index (κ2) is 9.14. The molecule has 0 amide bonds. The number of halogens is 1. The molecule has 1 heterocycles. The van der Waals surface area contributed by atoms with Crippen molar-refractivity contribution in [3.05, 3.63) is 70.5 Å². The lowest BCUT2D eigenvalue weighted by molar-refractivity contribution is 0.0456. The third kappa shape index (κ3) is 5.27. The number of carbonyl (C=O) groups is 1. The zero-order chi connectivity index (χ0) is 19.1. The van der Waals surface area contributed by atoms with Crippen molar-refractivity contribution in [1.29, 1.82) is 0 Å². The van der Waals surface area contributed by atoms with E-state index in [1.54, 1.807) is 41.1 Å². The Morgan fingerprint density at radius 1 is 1.07 bits per heavy atom. The second-order valence-electron chi connectivity index (χ2n) is 5.83. The van der Waals surface area contributed by atoms with Gasteiger partial charge < -0.3 is 9.47 Å². The summed E-state index contributed by atoms with van der Waals surface area (Å²) >= 11 is 5.85. The summed E-state index contributed by atoms with van der Waals surface area (Å²) in [6.45, 7) is 3.13. The summed E-state index contributed by atoms with van der Waals surface area (Å²) in [4.78, 5) is 12.2. The van der Waals surface area contributed by atoms with Crippen LogP contribution in [0.15, 0.2) is 48.5 Å². The Hall–Kier alpha value is -2.93. The quantitative estimate of drug-likeness (QED) is 0.549. The molecule has 0 unspecified atom stereocenters. The van der Waals surface area contributed by atoms with Crippen molar-refractivity contribution in [2.24, 2.45) is 0 Å². The molecule has 7 nitrogen and oxygen atoms in total. The number of carbonyl (C=O) groups excluding carboxylic acids is 1. The molecule has 8 heteroatoms. The standard InChI is InChI=1S/C19H19ClN4O3/c1-2-11-24-18(21-22-23-24)13-27-19(25)15-5-3-14(4-6-15)12-26-17-9-7-16(20)8-10-17/h3-10H,2,11-13H2,1H3. The Labute approximate surface area is 161 Å². The monoisotopic (exact) mass is 386 g/mol. The van der Waals surface area contributed by atoms with Gasteiger partial charge in [-0.15, -0.1) is 5.10 Å². The first-order valence-corrected chi connectivity index (χ1v) is 8.93. The van der Waals surface area contributed by atoms with E-state index < -0.39 is 5.97 Å². The number of rotatable bonds is 8. The summed E-state index contributed by atoms with van der Waals surface area (Å²) < 4.78 is 12.6. The zero-order valence-electron chi connectivity index (χ0n) is 14.8. The van der Waals surface area contributed by atoms with Crippen LogP contribution in [0.4, 0.5) is 0 Å². The highest BCUT2D eigenvalue weighted by Gasteiger charge is 2.11. The summed E-state index contributed by atoms with van der Waals surface area (Å²) in [5.41, 5.74) is 1.40. The molecule has 0 atom stereocenters. The third-order valence-electron chi connectivity index (χ3n) is 3.78. The molecular weight excluding hydrogens is 368 g/mol. The maximum Gasteiger partial charge on any atom is 0.338 e. The molecule has 0 aliphatic heterocycles. The molecule has 0 aliphatic rings. The van der Waals surface area contributed by atoms with Gasteiger partial charge in [-0.25, -0.2) is 9.48 Å². The number of tetrazole rings is 1. The molecule has 0 aliphatic carbocycles. The van der Waals surface area contributed by atoms with Crippen LogP contribution in [-0.4, -0.2) is 26.2 Å². The predicted molar refractivity (Wildman–Crippen MR) is 99.5 cm³/mol. The highest BCUT2D eigenvalue weighted by molar-refractivity contribution is 6.30. The summed E-state index contributed by atoms with van der Waals surface area (Å²) in [6.07, 6.45) is 0.894. The topological polar surface area (TPSA) is 79.1 Å². The van der Waals surface area contributed by atoms with Gasteiger partial charge in [0.1, 0.15) is 12.4 Å². The molecule has 3 rings (SSSR count). The normalized spacial score (nSPS) is 10.6. The van der Waals surface area contributed by atoms with Crippen LogP contribution in [0.5, 0.6) is 5.75 Å². The van der Waals surface area contributed by atoms with E-state index in [9.17, 15) is 4.79 Å². The fourth-order valence-corrected chi connectivity index (χ4v) is 2.49. The Kier molecular flexibility index (Phi) is 6.38. The first-order chi connectivity index (χ1) is 13.2. The molecule has 0 N–H and O–H groups in total. The summed E-state index contributed by atoms with van der Waals surface area (Å²) in [7, 11) is 0. The van der Waals surface area contributed by atoms with Crippen LogP contribution < -0.4 is 4.74 Å². The number of aryl methyl sites for hydroxylation is 1. The lowest BCUT2D eigenvalue weighted by atomic mass is 10.1. The molecule has 0 spiro atoms. The van der Waals surface area contributed by atoms with Gasteiger partial charge >= 0.3 is 5.97 Å². The van der Waals surface area contributed by atoms with Crippen molar-refractivity contribution in [1.82, 2.24) is 20.2 Å². The zero-order valence-corrected chi connectivity index (χ0v) is 15.6. The molecule has 1 aromatic heterocycles.